The molecule has 0 aliphatic rings. The molecule has 2 aromatic heterocycles. The van der Waals surface area contributed by atoms with Crippen molar-refractivity contribution >= 4 is 132 Å². The van der Waals surface area contributed by atoms with Crippen LogP contribution in [0.3, 0.4) is 0 Å². The summed E-state index contributed by atoms with van der Waals surface area (Å²) in [5.74, 6) is 0.263. The predicted molar refractivity (Wildman–Crippen MR) is 341 cm³/mol. The van der Waals surface area contributed by atoms with Crippen molar-refractivity contribution in [1.29, 1.82) is 0 Å². The number of nitrogens with one attached hydrogen (secondary N) is 2. The number of rotatable bonds is 16. The molecule has 0 radical (unpaired) electrons. The number of halogens is 5. The van der Waals surface area contributed by atoms with Crippen LogP contribution < -0.4 is 10.6 Å². The minimum atomic E-state index is -1.57. The summed E-state index contributed by atoms with van der Waals surface area (Å²) in [5, 5.41) is 10.9. The first-order valence-corrected chi connectivity index (χ1v) is 36.9. The molecule has 0 saturated heterocycles. The Labute approximate surface area is 507 Å². The summed E-state index contributed by atoms with van der Waals surface area (Å²) < 4.78 is 41.6. The van der Waals surface area contributed by atoms with E-state index in [4.69, 9.17) is 29.6 Å². The van der Waals surface area contributed by atoms with Gasteiger partial charge in [0.15, 0.2) is 11.6 Å². The van der Waals surface area contributed by atoms with Gasteiger partial charge in [-0.2, -0.15) is 5.10 Å². The Hall–Kier alpha value is -5.97. The van der Waals surface area contributed by atoms with Gasteiger partial charge in [-0.3, -0.25) is 33.4 Å². The van der Waals surface area contributed by atoms with Gasteiger partial charge in [0.05, 0.1) is 28.7 Å². The second-order valence-corrected chi connectivity index (χ2v) is 35.1. The Bertz CT molecular complexity index is 3420. The first-order valence-electron chi connectivity index (χ1n) is 25.5. The quantitative estimate of drug-likeness (QED) is 0.0282. The minimum Gasteiger partial charge on any atom is -0.350 e. The Balaban J connectivity index is 0.000000478. The van der Waals surface area contributed by atoms with E-state index in [1.54, 1.807) is 67.7 Å². The van der Waals surface area contributed by atoms with Crippen molar-refractivity contribution in [3.8, 4) is 23.4 Å². The van der Waals surface area contributed by atoms with Gasteiger partial charge in [0, 0.05) is 81.3 Å². The normalized spacial score (nSPS) is 11.0. The number of nitrogens with zero attached hydrogens (tertiary/aromatic N) is 5. The summed E-state index contributed by atoms with van der Waals surface area (Å²) in [4.78, 5) is 78.8. The number of carbonyl (C=O) groups is 6. The molecule has 0 aliphatic heterocycles. The van der Waals surface area contributed by atoms with Gasteiger partial charge in [0.1, 0.15) is 65.5 Å². The van der Waals surface area contributed by atoms with Crippen LogP contribution in [0, 0.1) is 35.1 Å². The van der Waals surface area contributed by atoms with Crippen LogP contribution in [0.5, 0.6) is 0 Å². The highest BCUT2D eigenvalue weighted by molar-refractivity contribution is 9.10. The van der Waals surface area contributed by atoms with Gasteiger partial charge in [0.2, 0.25) is 23.6 Å². The van der Waals surface area contributed by atoms with Crippen LogP contribution in [0.25, 0.3) is 21.8 Å². The molecule has 0 spiro atoms. The van der Waals surface area contributed by atoms with Crippen molar-refractivity contribution in [3.05, 3.63) is 133 Å². The van der Waals surface area contributed by atoms with E-state index >= 15 is 0 Å². The van der Waals surface area contributed by atoms with Crippen molar-refractivity contribution in [2.45, 2.75) is 127 Å². The molecule has 1 atom stereocenters. The summed E-state index contributed by atoms with van der Waals surface area (Å²) in [6.07, 6.45) is 6.80. The van der Waals surface area contributed by atoms with E-state index in [1.165, 1.54) is 46.5 Å². The number of carbonyl (C=O) groups excluding carboxylic acids is 6. The number of hydrogen-bond donors (Lipinski definition) is 3. The molecule has 2 heterocycles. The lowest BCUT2D eigenvalue weighted by Crippen LogP contribution is -2.45. The van der Waals surface area contributed by atoms with E-state index in [2.05, 4.69) is 100 Å². The molecule has 2 N–H and O–H groups in total. The lowest BCUT2D eigenvalue weighted by atomic mass is 10.1. The van der Waals surface area contributed by atoms with Crippen molar-refractivity contribution in [2.24, 2.45) is 0 Å². The molecule has 82 heavy (non-hydrogen) atoms. The van der Waals surface area contributed by atoms with Gasteiger partial charge in [-0.05, 0) is 83.1 Å². The Morgan fingerprint density at radius 2 is 1.21 bits per heavy atom. The molecule has 4 amide bonds. The average molecular weight is 1300 g/mol. The molecule has 0 bridgehead atoms. The SMILES string of the molecule is C.C#C[Si](C)(C)C.CC(=O)c1cn(CC(=O)N(CC(=O)NCc2cccc(Cl)c2F)C(C)C)c2ccc(C#C[Si](C)(C)C)cc12.CC(=O)c1nn(CC(=O)N(CC(=O)NCc2cccc(Cl)c2F)C(C)C)c2ccc(Br)cc12.C[P+](=O)S. The van der Waals surface area contributed by atoms with E-state index in [0.29, 0.717) is 16.5 Å². The molecule has 6 rings (SSSR count). The smallest absolute Gasteiger partial charge is 0.350 e. The standard InChI is InChI=1S/C29H33ClFN3O3Si.C23H23BrClFN4O3.C5H10Si.CH3OPS.CH4/c1-19(2)34(17-27(36)32-15-22-8-7-9-25(30)29(22)31)28(37)18-33-16-24(20(3)35)23-14-21(10-11-26(23)33)12-13-38(4,5)6;1-13(2)29(11-20(32)27-10-15-5-4-6-18(25)22(15)26)21(33)12-30-19-8-7-16(24)9-17(19)23(28-30)14(3)31;1-5-6(2,3)4;1-3(2)4;/h7-11,14,16,19H,15,17-18H2,1-6H3,(H,32,36);4-9,13H,10-12H2,1-3H3,(H,27,32);1H,2-4H3;1H3;1H4/p+1. The molecule has 6 aromatic rings. The van der Waals surface area contributed by atoms with Crippen LogP contribution in [-0.2, 0) is 49.9 Å². The predicted octanol–water partition coefficient (Wildman–Crippen LogP) is 13.2. The maximum absolute atomic E-state index is 14.1. The van der Waals surface area contributed by atoms with Crippen LogP contribution in [0.2, 0.25) is 49.3 Å². The number of fused-ring (bicyclic) bond motifs is 2. The third-order valence-electron chi connectivity index (χ3n) is 11.4. The zero-order chi connectivity index (χ0) is 61.3. The van der Waals surface area contributed by atoms with Gasteiger partial charge in [-0.25, -0.2) is 8.78 Å². The molecule has 4 aromatic carbocycles. The number of terminal acetylenes is 1. The van der Waals surface area contributed by atoms with E-state index in [1.807, 2.05) is 32.0 Å². The van der Waals surface area contributed by atoms with Gasteiger partial charge < -0.3 is 25.0 Å². The second kappa shape index (κ2) is 32.8. The highest BCUT2D eigenvalue weighted by atomic mass is 79.9. The van der Waals surface area contributed by atoms with Crippen molar-refractivity contribution in [3.63, 3.8) is 0 Å². The second-order valence-electron chi connectivity index (χ2n) is 21.3. The minimum absolute atomic E-state index is 0. The first kappa shape index (κ1) is 72.1. The summed E-state index contributed by atoms with van der Waals surface area (Å²) >= 11 is 18.4. The first-order chi connectivity index (χ1) is 37.6. The lowest BCUT2D eigenvalue weighted by molar-refractivity contribution is -0.138. The zero-order valence-corrected chi connectivity index (χ0v) is 54.7. The maximum atomic E-state index is 14.1. The molecule has 1 unspecified atom stereocenters. The fourth-order valence-corrected chi connectivity index (χ4v) is 8.60. The Morgan fingerprint density at radius 1 is 0.744 bits per heavy atom. The lowest BCUT2D eigenvalue weighted by Gasteiger charge is -2.26. The van der Waals surface area contributed by atoms with Gasteiger partial charge in [-0.1, -0.05) is 121 Å². The molecule has 14 nitrogen and oxygen atoms in total. The number of thiol groups is 1. The van der Waals surface area contributed by atoms with Crippen LogP contribution in [-0.4, -0.2) is 107 Å². The summed E-state index contributed by atoms with van der Waals surface area (Å²) in [6.45, 7) is 23.9. The third kappa shape index (κ3) is 23.0. The molecular formula is C59H74BrCl2F2N7O7PSSi2+. The van der Waals surface area contributed by atoms with E-state index in [9.17, 15) is 42.1 Å². The number of ketones is 2. The third-order valence-corrected chi connectivity index (χ3v) is 14.3. The fraction of sp³-hybridized carbons (Fsp3) is 0.373. The van der Waals surface area contributed by atoms with Gasteiger partial charge >= 0.3 is 7.00 Å². The van der Waals surface area contributed by atoms with Gasteiger partial charge in [0.25, 0.3) is 0 Å². The summed E-state index contributed by atoms with van der Waals surface area (Å²) in [7, 11) is -3.85. The monoisotopic (exact) mass is 1300 g/mol. The number of aromatic nitrogens is 3. The van der Waals surface area contributed by atoms with Crippen molar-refractivity contribution < 1.29 is 42.1 Å². The summed E-state index contributed by atoms with van der Waals surface area (Å²) in [5.41, 5.74) is 9.59. The van der Waals surface area contributed by atoms with Crippen LogP contribution >= 0.6 is 58.4 Å². The summed E-state index contributed by atoms with van der Waals surface area (Å²) in [6, 6.07) is 19.6. The molecule has 0 saturated carbocycles. The fourth-order valence-electron chi connectivity index (χ4n) is 7.33. The Morgan fingerprint density at radius 3 is 1.63 bits per heavy atom. The molecule has 440 valence electrons. The molecule has 0 aliphatic carbocycles. The average Bonchev–Trinajstić information content (AvgIpc) is 3.91. The Kier molecular flexibility index (Phi) is 28.8. The highest BCUT2D eigenvalue weighted by Crippen LogP contribution is 2.26. The number of hydrogen-bond acceptors (Lipinski definition) is 8. The van der Waals surface area contributed by atoms with E-state index in [-0.39, 0.29) is 109 Å². The number of Topliss-reactive ketones (excluding diaryl/α,β-unsaturated/α-hetero) is 2. The molecular weight excluding hydrogens is 1230 g/mol. The zero-order valence-electron chi connectivity index (χ0n) is 47.9. The molecule has 23 heteroatoms. The van der Waals surface area contributed by atoms with E-state index in [0.717, 1.165) is 20.9 Å². The van der Waals surface area contributed by atoms with Crippen LogP contribution in [0.15, 0.2) is 83.5 Å². The van der Waals surface area contributed by atoms with Crippen LogP contribution in [0.4, 0.5) is 8.78 Å². The van der Waals surface area contributed by atoms with Gasteiger partial charge in [-0.15, -0.1) is 17.5 Å². The number of benzene rings is 4. The van der Waals surface area contributed by atoms with Crippen LogP contribution in [0.1, 0.15) is 86.5 Å². The van der Waals surface area contributed by atoms with Crippen molar-refractivity contribution in [2.75, 3.05) is 19.8 Å². The van der Waals surface area contributed by atoms with Crippen molar-refractivity contribution in [1.82, 2.24) is 34.8 Å². The highest BCUT2D eigenvalue weighted by Gasteiger charge is 2.25. The van der Waals surface area contributed by atoms with E-state index < -0.39 is 46.6 Å². The maximum Gasteiger partial charge on any atom is 0.404 e. The topological polar surface area (TPSA) is 173 Å². The number of amides is 4. The largest absolute Gasteiger partial charge is 0.404 e. The molecule has 0 fully saturated rings.